The molecule has 0 amide bonds. The number of benzene rings is 1. The average Bonchev–Trinajstić information content (AvgIpc) is 2.58. The zero-order chi connectivity index (χ0) is 17.8. The summed E-state index contributed by atoms with van der Waals surface area (Å²) in [7, 11) is 0. The fourth-order valence-electron chi connectivity index (χ4n) is 2.52. The van der Waals surface area contributed by atoms with Gasteiger partial charge in [-0.1, -0.05) is 56.5 Å². The maximum atomic E-state index is 12.4. The van der Waals surface area contributed by atoms with E-state index in [2.05, 4.69) is 6.92 Å². The molecule has 1 rings (SSSR count). The molecule has 0 saturated carbocycles. The quantitative estimate of drug-likeness (QED) is 0.208. The van der Waals surface area contributed by atoms with Crippen LogP contribution in [0, 0.1) is 0 Å². The number of unbranched alkanes of at least 4 members (excludes halogenated alkanes) is 3. The van der Waals surface area contributed by atoms with Gasteiger partial charge in [0.1, 0.15) is 5.57 Å². The first kappa shape index (κ1) is 19.9. The number of esters is 2. The SMILES string of the molecule is CCCCCCC(=C(C(=O)OCC)C(=O)OCC)c1ccccc1. The van der Waals surface area contributed by atoms with Crippen molar-refractivity contribution in [3.05, 3.63) is 41.5 Å². The standard InChI is InChI=1S/C20H28O4/c1-4-7-8-12-15-17(16-13-10-9-11-14-16)18(19(21)23-5-2)20(22)24-6-3/h9-11,13-14H,4-8,12,15H2,1-3H3. The number of carbonyl (C=O) groups is 2. The predicted molar refractivity (Wildman–Crippen MR) is 95.4 cm³/mol. The van der Waals surface area contributed by atoms with Gasteiger partial charge < -0.3 is 9.47 Å². The molecule has 132 valence electrons. The van der Waals surface area contributed by atoms with Gasteiger partial charge in [0.2, 0.25) is 0 Å². The molecule has 4 nitrogen and oxygen atoms in total. The number of ether oxygens (including phenoxy) is 2. The molecule has 0 aromatic heterocycles. The van der Waals surface area contributed by atoms with Gasteiger partial charge in [0.15, 0.2) is 0 Å². The number of rotatable bonds is 10. The van der Waals surface area contributed by atoms with E-state index in [0.717, 1.165) is 31.2 Å². The van der Waals surface area contributed by atoms with Gasteiger partial charge in [-0.3, -0.25) is 0 Å². The van der Waals surface area contributed by atoms with Gasteiger partial charge in [0, 0.05) is 0 Å². The van der Waals surface area contributed by atoms with E-state index >= 15 is 0 Å². The molecule has 1 aromatic carbocycles. The van der Waals surface area contributed by atoms with Crippen LogP contribution in [-0.2, 0) is 19.1 Å². The monoisotopic (exact) mass is 332 g/mol. The van der Waals surface area contributed by atoms with Crippen molar-refractivity contribution in [2.45, 2.75) is 52.9 Å². The zero-order valence-electron chi connectivity index (χ0n) is 15.0. The molecule has 4 heteroatoms. The Morgan fingerprint density at radius 1 is 0.833 bits per heavy atom. The van der Waals surface area contributed by atoms with E-state index in [1.165, 1.54) is 0 Å². The van der Waals surface area contributed by atoms with Crippen molar-refractivity contribution >= 4 is 17.5 Å². The van der Waals surface area contributed by atoms with Crippen LogP contribution in [0.25, 0.3) is 5.57 Å². The Labute approximate surface area is 144 Å². The van der Waals surface area contributed by atoms with E-state index in [9.17, 15) is 9.59 Å². The summed E-state index contributed by atoms with van der Waals surface area (Å²) in [6.07, 6.45) is 4.90. The summed E-state index contributed by atoms with van der Waals surface area (Å²) in [5.41, 5.74) is 1.61. The first-order valence-corrected chi connectivity index (χ1v) is 8.78. The highest BCUT2D eigenvalue weighted by Crippen LogP contribution is 2.27. The molecule has 0 aliphatic heterocycles. The Balaban J connectivity index is 3.25. The molecule has 24 heavy (non-hydrogen) atoms. The highest BCUT2D eigenvalue weighted by Gasteiger charge is 2.26. The van der Waals surface area contributed by atoms with Gasteiger partial charge in [-0.15, -0.1) is 0 Å². The Morgan fingerprint density at radius 3 is 1.92 bits per heavy atom. The van der Waals surface area contributed by atoms with Crippen molar-refractivity contribution < 1.29 is 19.1 Å². The lowest BCUT2D eigenvalue weighted by molar-refractivity contribution is -0.146. The Bertz CT molecular complexity index is 526. The van der Waals surface area contributed by atoms with E-state index in [-0.39, 0.29) is 18.8 Å². The highest BCUT2D eigenvalue weighted by molar-refractivity contribution is 6.20. The van der Waals surface area contributed by atoms with E-state index in [4.69, 9.17) is 9.47 Å². The van der Waals surface area contributed by atoms with Crippen molar-refractivity contribution in [2.24, 2.45) is 0 Å². The molecule has 0 radical (unpaired) electrons. The van der Waals surface area contributed by atoms with Gasteiger partial charge in [-0.2, -0.15) is 0 Å². The van der Waals surface area contributed by atoms with Gasteiger partial charge >= 0.3 is 11.9 Å². The summed E-state index contributed by atoms with van der Waals surface area (Å²) in [5, 5.41) is 0. The first-order valence-electron chi connectivity index (χ1n) is 8.78. The van der Waals surface area contributed by atoms with Crippen LogP contribution < -0.4 is 0 Å². The van der Waals surface area contributed by atoms with E-state index < -0.39 is 11.9 Å². The Morgan fingerprint density at radius 2 is 1.42 bits per heavy atom. The lowest BCUT2D eigenvalue weighted by Gasteiger charge is -2.14. The molecule has 0 saturated heterocycles. The first-order chi connectivity index (χ1) is 11.7. The van der Waals surface area contributed by atoms with E-state index in [1.807, 2.05) is 30.3 Å². The van der Waals surface area contributed by atoms with Crippen molar-refractivity contribution in [2.75, 3.05) is 13.2 Å². The van der Waals surface area contributed by atoms with Crippen LogP contribution in [0.15, 0.2) is 35.9 Å². The van der Waals surface area contributed by atoms with Crippen LogP contribution >= 0.6 is 0 Å². The molecule has 1 aromatic rings. The minimum atomic E-state index is -0.606. The Kier molecular flexibility index (Phi) is 9.51. The molecule has 0 heterocycles. The van der Waals surface area contributed by atoms with Gasteiger partial charge in [0.25, 0.3) is 0 Å². The normalized spacial score (nSPS) is 10.1. The summed E-state index contributed by atoms with van der Waals surface area (Å²) in [6.45, 7) is 6.05. The van der Waals surface area contributed by atoms with Crippen LogP contribution in [0.5, 0.6) is 0 Å². The van der Waals surface area contributed by atoms with Crippen molar-refractivity contribution in [1.29, 1.82) is 0 Å². The number of hydrogen-bond donors (Lipinski definition) is 0. The van der Waals surface area contributed by atoms with Gasteiger partial charge in [-0.25, -0.2) is 9.59 Å². The number of carbonyl (C=O) groups excluding carboxylic acids is 2. The predicted octanol–water partition coefficient (Wildman–Crippen LogP) is 4.54. The van der Waals surface area contributed by atoms with Crippen molar-refractivity contribution in [3.8, 4) is 0 Å². The van der Waals surface area contributed by atoms with Crippen LogP contribution in [0.3, 0.4) is 0 Å². The lowest BCUT2D eigenvalue weighted by atomic mass is 9.94. The van der Waals surface area contributed by atoms with E-state index in [0.29, 0.717) is 12.0 Å². The number of allylic oxidation sites excluding steroid dienone is 1. The average molecular weight is 332 g/mol. The molecule has 0 fully saturated rings. The summed E-state index contributed by atoms with van der Waals surface area (Å²) in [4.78, 5) is 24.8. The van der Waals surface area contributed by atoms with Crippen molar-refractivity contribution in [3.63, 3.8) is 0 Å². The van der Waals surface area contributed by atoms with Crippen molar-refractivity contribution in [1.82, 2.24) is 0 Å². The molecule has 0 aliphatic rings. The molecular weight excluding hydrogens is 304 g/mol. The van der Waals surface area contributed by atoms with E-state index in [1.54, 1.807) is 13.8 Å². The summed E-state index contributed by atoms with van der Waals surface area (Å²) < 4.78 is 10.2. The molecule has 0 atom stereocenters. The third-order valence-electron chi connectivity index (χ3n) is 3.66. The Hall–Kier alpha value is -2.10. The summed E-state index contributed by atoms with van der Waals surface area (Å²) in [6, 6.07) is 9.53. The highest BCUT2D eigenvalue weighted by atomic mass is 16.6. The smallest absolute Gasteiger partial charge is 0.345 e. The molecular formula is C20H28O4. The molecule has 0 bridgehead atoms. The van der Waals surface area contributed by atoms with Crippen LogP contribution in [0.4, 0.5) is 0 Å². The second kappa shape index (κ2) is 11.4. The zero-order valence-corrected chi connectivity index (χ0v) is 15.0. The maximum Gasteiger partial charge on any atom is 0.345 e. The largest absolute Gasteiger partial charge is 0.462 e. The molecule has 0 aliphatic carbocycles. The van der Waals surface area contributed by atoms with Crippen LogP contribution in [-0.4, -0.2) is 25.2 Å². The topological polar surface area (TPSA) is 52.6 Å². The third-order valence-corrected chi connectivity index (χ3v) is 3.66. The summed E-state index contributed by atoms with van der Waals surface area (Å²) >= 11 is 0. The number of hydrogen-bond acceptors (Lipinski definition) is 4. The van der Waals surface area contributed by atoms with Gasteiger partial charge in [-0.05, 0) is 37.8 Å². The van der Waals surface area contributed by atoms with Gasteiger partial charge in [0.05, 0.1) is 13.2 Å². The van der Waals surface area contributed by atoms with Crippen LogP contribution in [0.1, 0.15) is 58.4 Å². The van der Waals surface area contributed by atoms with Crippen LogP contribution in [0.2, 0.25) is 0 Å². The summed E-state index contributed by atoms with van der Waals surface area (Å²) in [5.74, 6) is -1.21. The maximum absolute atomic E-state index is 12.4. The second-order valence-electron chi connectivity index (χ2n) is 5.47. The molecule has 0 spiro atoms. The fraction of sp³-hybridized carbons (Fsp3) is 0.500. The lowest BCUT2D eigenvalue weighted by Crippen LogP contribution is -2.20. The molecule has 0 unspecified atom stereocenters. The second-order valence-corrected chi connectivity index (χ2v) is 5.47. The molecule has 0 N–H and O–H groups in total. The fourth-order valence-corrected chi connectivity index (χ4v) is 2.52. The minimum Gasteiger partial charge on any atom is -0.462 e. The minimum absolute atomic E-state index is 0.0291. The third kappa shape index (κ3) is 6.19.